The molecule has 0 spiro atoms. The zero-order chi connectivity index (χ0) is 18.5. The second-order valence-corrected chi connectivity index (χ2v) is 8.96. The third-order valence-electron chi connectivity index (χ3n) is 6.16. The van der Waals surface area contributed by atoms with Crippen molar-refractivity contribution in [2.75, 3.05) is 5.43 Å². The number of benzene rings is 1. The van der Waals surface area contributed by atoms with Gasteiger partial charge >= 0.3 is 0 Å². The molecule has 2 bridgehead atoms. The zero-order valence-electron chi connectivity index (χ0n) is 15.1. The summed E-state index contributed by atoms with van der Waals surface area (Å²) in [4.78, 5) is 32.1. The Labute approximate surface area is 161 Å². The van der Waals surface area contributed by atoms with Gasteiger partial charge in [0.1, 0.15) is 11.2 Å². The molecule has 2 saturated carbocycles. The van der Waals surface area contributed by atoms with E-state index in [0.29, 0.717) is 22.1 Å². The fourth-order valence-electron chi connectivity index (χ4n) is 4.90. The Balaban J connectivity index is 1.54. The molecule has 1 aromatic carbocycles. The van der Waals surface area contributed by atoms with Crippen molar-refractivity contribution in [1.82, 2.24) is 9.66 Å². The highest BCUT2D eigenvalue weighted by atomic mass is 32.1. The molecule has 5 rings (SSSR count). The lowest BCUT2D eigenvalue weighted by Gasteiger charge is -2.21. The Morgan fingerprint density at radius 3 is 2.74 bits per heavy atom. The number of fused-ring (bicyclic) bond motifs is 3. The summed E-state index contributed by atoms with van der Waals surface area (Å²) in [6.45, 7) is 2.01. The van der Waals surface area contributed by atoms with Crippen molar-refractivity contribution in [2.45, 2.75) is 32.6 Å². The maximum atomic E-state index is 13.2. The third kappa shape index (κ3) is 2.70. The van der Waals surface area contributed by atoms with E-state index in [1.165, 1.54) is 28.8 Å². The van der Waals surface area contributed by atoms with Crippen molar-refractivity contribution >= 4 is 27.5 Å². The van der Waals surface area contributed by atoms with Crippen LogP contribution in [0.15, 0.2) is 41.5 Å². The summed E-state index contributed by atoms with van der Waals surface area (Å²) in [6.07, 6.45) is 5.94. The Bertz CT molecular complexity index is 1090. The van der Waals surface area contributed by atoms with Gasteiger partial charge in [0, 0.05) is 16.4 Å². The topological polar surface area (TPSA) is 64.0 Å². The number of nitrogens with zero attached hydrogens (tertiary/aromatic N) is 2. The maximum Gasteiger partial charge on any atom is 0.281 e. The highest BCUT2D eigenvalue weighted by Crippen LogP contribution is 2.48. The van der Waals surface area contributed by atoms with Crippen LogP contribution in [0.5, 0.6) is 0 Å². The van der Waals surface area contributed by atoms with Crippen LogP contribution in [0.25, 0.3) is 21.3 Å². The molecule has 2 fully saturated rings. The molecular formula is C21H21N3O2S. The molecule has 1 amide bonds. The van der Waals surface area contributed by atoms with Crippen molar-refractivity contribution in [3.8, 4) is 11.1 Å². The van der Waals surface area contributed by atoms with Crippen LogP contribution in [0, 0.1) is 24.7 Å². The van der Waals surface area contributed by atoms with Crippen molar-refractivity contribution in [2.24, 2.45) is 17.8 Å². The Hall–Kier alpha value is -2.47. The number of amides is 1. The molecule has 0 saturated heterocycles. The summed E-state index contributed by atoms with van der Waals surface area (Å²) in [7, 11) is 0. The number of carbonyl (C=O) groups is 1. The smallest absolute Gasteiger partial charge is 0.273 e. The van der Waals surface area contributed by atoms with E-state index in [2.05, 4.69) is 10.4 Å². The van der Waals surface area contributed by atoms with Crippen molar-refractivity contribution in [1.29, 1.82) is 0 Å². The Morgan fingerprint density at radius 2 is 2.04 bits per heavy atom. The van der Waals surface area contributed by atoms with E-state index in [1.54, 1.807) is 0 Å². The fourth-order valence-corrected chi connectivity index (χ4v) is 5.91. The van der Waals surface area contributed by atoms with E-state index in [0.717, 1.165) is 35.3 Å². The number of hydrogen-bond acceptors (Lipinski definition) is 4. The normalized spacial score (nSPS) is 23.8. The molecule has 0 aliphatic heterocycles. The van der Waals surface area contributed by atoms with E-state index in [9.17, 15) is 9.59 Å². The van der Waals surface area contributed by atoms with Gasteiger partial charge in [-0.15, -0.1) is 11.3 Å². The van der Waals surface area contributed by atoms with Crippen molar-refractivity contribution in [3.63, 3.8) is 0 Å². The average Bonchev–Trinajstić information content (AvgIpc) is 3.38. The summed E-state index contributed by atoms with van der Waals surface area (Å²) in [5.74, 6) is 1.15. The molecule has 5 nitrogen and oxygen atoms in total. The van der Waals surface area contributed by atoms with Gasteiger partial charge in [0.05, 0.1) is 5.39 Å². The van der Waals surface area contributed by atoms with Crippen LogP contribution in [0.4, 0.5) is 0 Å². The molecule has 3 aromatic rings. The first-order valence-corrected chi connectivity index (χ1v) is 10.3. The number of rotatable bonds is 3. The molecule has 2 heterocycles. The summed E-state index contributed by atoms with van der Waals surface area (Å²) in [5, 5.41) is 0.583. The van der Waals surface area contributed by atoms with Crippen LogP contribution in [-0.4, -0.2) is 15.6 Å². The summed E-state index contributed by atoms with van der Waals surface area (Å²) >= 11 is 1.51. The van der Waals surface area contributed by atoms with Gasteiger partial charge in [-0.25, -0.2) is 9.66 Å². The molecule has 138 valence electrons. The summed E-state index contributed by atoms with van der Waals surface area (Å²) in [6, 6.07) is 9.88. The van der Waals surface area contributed by atoms with E-state index in [-0.39, 0.29) is 17.4 Å². The minimum absolute atomic E-state index is 0.0316. The van der Waals surface area contributed by atoms with Crippen LogP contribution in [-0.2, 0) is 4.79 Å². The van der Waals surface area contributed by atoms with E-state index < -0.39 is 0 Å². The molecule has 1 N–H and O–H groups in total. The first-order chi connectivity index (χ1) is 13.1. The molecule has 0 radical (unpaired) electrons. The first-order valence-electron chi connectivity index (χ1n) is 9.49. The van der Waals surface area contributed by atoms with Crippen LogP contribution >= 0.6 is 11.3 Å². The second kappa shape index (κ2) is 6.30. The molecular weight excluding hydrogens is 358 g/mol. The lowest BCUT2D eigenvalue weighted by Crippen LogP contribution is -2.38. The average molecular weight is 379 g/mol. The SMILES string of the molecule is Cc1sc2ncn(NC(=O)C3CC4CCC3C4)c(=O)c2c1-c1ccccc1. The molecule has 3 unspecified atom stereocenters. The quantitative estimate of drug-likeness (QED) is 0.750. The third-order valence-corrected chi connectivity index (χ3v) is 7.17. The first kappa shape index (κ1) is 16.7. The summed E-state index contributed by atoms with van der Waals surface area (Å²) < 4.78 is 1.27. The van der Waals surface area contributed by atoms with Gasteiger partial charge < -0.3 is 0 Å². The van der Waals surface area contributed by atoms with Gasteiger partial charge in [0.25, 0.3) is 5.56 Å². The molecule has 2 aliphatic rings. The molecule has 2 aliphatic carbocycles. The van der Waals surface area contributed by atoms with Gasteiger partial charge in [0.2, 0.25) is 5.91 Å². The van der Waals surface area contributed by atoms with Crippen LogP contribution in [0.3, 0.4) is 0 Å². The van der Waals surface area contributed by atoms with E-state index in [4.69, 9.17) is 0 Å². The Morgan fingerprint density at radius 1 is 1.22 bits per heavy atom. The predicted molar refractivity (Wildman–Crippen MR) is 107 cm³/mol. The summed E-state index contributed by atoms with van der Waals surface area (Å²) in [5.41, 5.74) is 4.53. The van der Waals surface area contributed by atoms with Gasteiger partial charge in [-0.1, -0.05) is 36.8 Å². The van der Waals surface area contributed by atoms with Gasteiger partial charge in [-0.3, -0.25) is 15.0 Å². The number of nitrogens with one attached hydrogen (secondary N) is 1. The van der Waals surface area contributed by atoms with Gasteiger partial charge in [-0.05, 0) is 43.6 Å². The highest BCUT2D eigenvalue weighted by Gasteiger charge is 2.43. The number of aromatic nitrogens is 2. The standard InChI is InChI=1S/C21H21N3O2S/c1-12-17(14-5-3-2-4-6-14)18-20(27-12)22-11-24(21(18)26)23-19(25)16-10-13-7-8-15(16)9-13/h2-6,11,13,15-16H,7-10H2,1H3,(H,23,25). The predicted octanol–water partition coefficient (Wildman–Crippen LogP) is 3.94. The zero-order valence-corrected chi connectivity index (χ0v) is 16.0. The molecule has 2 aromatic heterocycles. The van der Waals surface area contributed by atoms with Crippen LogP contribution < -0.4 is 11.0 Å². The molecule has 6 heteroatoms. The van der Waals surface area contributed by atoms with Crippen molar-refractivity contribution < 1.29 is 4.79 Å². The number of hydrogen-bond donors (Lipinski definition) is 1. The van der Waals surface area contributed by atoms with Crippen LogP contribution in [0.2, 0.25) is 0 Å². The highest BCUT2D eigenvalue weighted by molar-refractivity contribution is 7.19. The maximum absolute atomic E-state index is 13.2. The number of carbonyl (C=O) groups excluding carboxylic acids is 1. The monoisotopic (exact) mass is 379 g/mol. The van der Waals surface area contributed by atoms with E-state index in [1.807, 2.05) is 37.3 Å². The van der Waals surface area contributed by atoms with Gasteiger partial charge in [-0.2, -0.15) is 0 Å². The largest absolute Gasteiger partial charge is 0.281 e. The van der Waals surface area contributed by atoms with Crippen LogP contribution in [0.1, 0.15) is 30.6 Å². The molecule has 3 atom stereocenters. The lowest BCUT2D eigenvalue weighted by molar-refractivity contribution is -0.122. The number of thiophene rings is 1. The number of aryl methyl sites for hydroxylation is 1. The minimum atomic E-state index is -0.209. The minimum Gasteiger partial charge on any atom is -0.273 e. The van der Waals surface area contributed by atoms with E-state index >= 15 is 0 Å². The second-order valence-electron chi connectivity index (χ2n) is 7.76. The van der Waals surface area contributed by atoms with Gasteiger partial charge in [0.15, 0.2) is 0 Å². The lowest BCUT2D eigenvalue weighted by atomic mass is 9.88. The fraction of sp³-hybridized carbons (Fsp3) is 0.381. The Kier molecular flexibility index (Phi) is 3.90. The molecule has 27 heavy (non-hydrogen) atoms. The van der Waals surface area contributed by atoms with Crippen molar-refractivity contribution in [3.05, 3.63) is 51.9 Å².